The summed E-state index contributed by atoms with van der Waals surface area (Å²) in [6.07, 6.45) is 0.973. The molecule has 1 aliphatic heterocycles. The molecule has 3 rings (SSSR count). The van der Waals surface area contributed by atoms with Crippen LogP contribution in [-0.2, 0) is 9.84 Å². The highest BCUT2D eigenvalue weighted by molar-refractivity contribution is 7.90. The number of hydrogen-bond donors (Lipinski definition) is 0. The number of methoxy groups -OCH3 is 1. The van der Waals surface area contributed by atoms with Gasteiger partial charge < -0.3 is 19.3 Å². The summed E-state index contributed by atoms with van der Waals surface area (Å²) in [5.74, 6) is 1.03. The Morgan fingerprint density at radius 2 is 1.94 bits per heavy atom. The van der Waals surface area contributed by atoms with Gasteiger partial charge in [0.15, 0.2) is 11.5 Å². The van der Waals surface area contributed by atoms with Gasteiger partial charge in [0.1, 0.15) is 22.5 Å². The summed E-state index contributed by atoms with van der Waals surface area (Å²) in [4.78, 5) is 3.95. The van der Waals surface area contributed by atoms with E-state index in [0.29, 0.717) is 23.1 Å². The minimum Gasteiger partial charge on any atom is -0.493 e. The van der Waals surface area contributed by atoms with E-state index in [1.54, 1.807) is 19.2 Å². The monoisotopic (exact) mass is 463 g/mol. The summed E-state index contributed by atoms with van der Waals surface area (Å²) in [7, 11) is -1.77. The van der Waals surface area contributed by atoms with Crippen LogP contribution in [0.4, 0.5) is 11.4 Å². The number of fused-ring (bicyclic) bond motifs is 1. The van der Waals surface area contributed by atoms with Gasteiger partial charge in [-0.25, -0.2) is 8.42 Å². The lowest BCUT2D eigenvalue weighted by Crippen LogP contribution is -2.44. The fourth-order valence-electron chi connectivity index (χ4n) is 4.01. The number of anilines is 2. The number of ether oxygens (including phenoxy) is 2. The Morgan fingerprint density at radius 3 is 2.55 bits per heavy atom. The van der Waals surface area contributed by atoms with Crippen LogP contribution in [0.3, 0.4) is 0 Å². The minimum atomic E-state index is -3.34. The van der Waals surface area contributed by atoms with Crippen molar-refractivity contribution in [3.63, 3.8) is 0 Å². The zero-order chi connectivity index (χ0) is 22.8. The molecule has 1 heterocycles. The van der Waals surface area contributed by atoms with Crippen LogP contribution >= 0.6 is 11.6 Å². The van der Waals surface area contributed by atoms with Crippen LogP contribution in [0.25, 0.3) is 0 Å². The molecule has 0 saturated carbocycles. The fraction of sp³-hybridized carbons (Fsp3) is 0.409. The van der Waals surface area contributed by atoms with E-state index in [1.165, 1.54) is 6.26 Å². The van der Waals surface area contributed by atoms with Crippen molar-refractivity contribution in [2.24, 2.45) is 0 Å². The lowest BCUT2D eigenvalue weighted by molar-refractivity contribution is 0.310. The van der Waals surface area contributed by atoms with Gasteiger partial charge in [0.25, 0.3) is 0 Å². The van der Waals surface area contributed by atoms with Crippen LogP contribution in [0.5, 0.6) is 11.5 Å². The molecule has 2 aromatic carbocycles. The summed E-state index contributed by atoms with van der Waals surface area (Å²) in [5, 5.41) is 9.91. The molecule has 0 N–H and O–H groups in total. The van der Waals surface area contributed by atoms with E-state index in [0.717, 1.165) is 16.9 Å². The molecule has 2 aromatic rings. The maximum absolute atomic E-state index is 12.4. The molecular formula is C22H26ClN3O4S. The van der Waals surface area contributed by atoms with E-state index in [-0.39, 0.29) is 18.5 Å². The van der Waals surface area contributed by atoms with Crippen molar-refractivity contribution in [3.8, 4) is 17.6 Å². The summed E-state index contributed by atoms with van der Waals surface area (Å²) < 4.78 is 35.9. The highest BCUT2D eigenvalue weighted by atomic mass is 35.5. The molecule has 0 fully saturated rings. The van der Waals surface area contributed by atoms with E-state index >= 15 is 0 Å². The first-order valence-electron chi connectivity index (χ1n) is 9.90. The summed E-state index contributed by atoms with van der Waals surface area (Å²) in [6.45, 7) is 4.44. The molecule has 31 heavy (non-hydrogen) atoms. The van der Waals surface area contributed by atoms with Crippen LogP contribution in [0.15, 0.2) is 36.4 Å². The summed E-state index contributed by atoms with van der Waals surface area (Å²) >= 11 is 6.22. The molecule has 0 amide bonds. The Hall–Kier alpha value is -2.63. The summed E-state index contributed by atoms with van der Waals surface area (Å²) in [5.41, 5.74) is 2.41. The number of nitrogens with zero attached hydrogens (tertiary/aromatic N) is 3. The first-order chi connectivity index (χ1) is 14.7. The number of benzene rings is 2. The molecule has 2 atom stereocenters. The minimum absolute atomic E-state index is 0.0995. The second kappa shape index (κ2) is 9.25. The van der Waals surface area contributed by atoms with Gasteiger partial charge >= 0.3 is 0 Å². The quantitative estimate of drug-likeness (QED) is 0.546. The SMILES string of the molecule is CCOc1cc(C(CS(C)(=O)=O)N2c3ccc(Cl)cc3N(CC#N)C2C)ccc1OC. The smallest absolute Gasteiger partial charge is 0.161 e. The third-order valence-electron chi connectivity index (χ3n) is 5.29. The third kappa shape index (κ3) is 4.83. The lowest BCUT2D eigenvalue weighted by Gasteiger charge is -2.36. The molecule has 1 aliphatic rings. The fourth-order valence-corrected chi connectivity index (χ4v) is 5.11. The van der Waals surface area contributed by atoms with Gasteiger partial charge in [-0.15, -0.1) is 0 Å². The Bertz CT molecular complexity index is 1100. The van der Waals surface area contributed by atoms with Crippen molar-refractivity contribution < 1.29 is 17.9 Å². The molecule has 0 aromatic heterocycles. The van der Waals surface area contributed by atoms with E-state index in [2.05, 4.69) is 6.07 Å². The van der Waals surface area contributed by atoms with Crippen LogP contribution in [0.2, 0.25) is 5.02 Å². The topological polar surface area (TPSA) is 82.9 Å². The average molecular weight is 464 g/mol. The van der Waals surface area contributed by atoms with Crippen molar-refractivity contribution >= 4 is 32.8 Å². The number of nitriles is 1. The van der Waals surface area contributed by atoms with Crippen LogP contribution in [-0.4, -0.2) is 46.9 Å². The maximum Gasteiger partial charge on any atom is 0.161 e. The summed E-state index contributed by atoms with van der Waals surface area (Å²) in [6, 6.07) is 12.6. The normalized spacial score (nSPS) is 16.6. The third-order valence-corrected chi connectivity index (χ3v) is 6.44. The highest BCUT2D eigenvalue weighted by Gasteiger charge is 2.39. The largest absolute Gasteiger partial charge is 0.493 e. The van der Waals surface area contributed by atoms with Gasteiger partial charge in [-0.3, -0.25) is 0 Å². The predicted octanol–water partition coefficient (Wildman–Crippen LogP) is 4.03. The highest BCUT2D eigenvalue weighted by Crippen LogP contribution is 2.46. The van der Waals surface area contributed by atoms with Gasteiger partial charge in [0.05, 0.1) is 43.0 Å². The van der Waals surface area contributed by atoms with Gasteiger partial charge in [0, 0.05) is 11.3 Å². The van der Waals surface area contributed by atoms with Crippen molar-refractivity contribution in [1.82, 2.24) is 0 Å². The van der Waals surface area contributed by atoms with E-state index in [4.69, 9.17) is 21.1 Å². The zero-order valence-electron chi connectivity index (χ0n) is 18.0. The van der Waals surface area contributed by atoms with Crippen LogP contribution in [0, 0.1) is 11.3 Å². The van der Waals surface area contributed by atoms with Crippen molar-refractivity contribution in [2.75, 3.05) is 42.1 Å². The Balaban J connectivity index is 2.16. The Kier molecular flexibility index (Phi) is 6.87. The lowest BCUT2D eigenvalue weighted by atomic mass is 10.0. The molecule has 2 unspecified atom stereocenters. The first kappa shape index (κ1) is 23.0. The maximum atomic E-state index is 12.4. The molecular weight excluding hydrogens is 438 g/mol. The molecule has 0 bridgehead atoms. The second-order valence-corrected chi connectivity index (χ2v) is 10.0. The van der Waals surface area contributed by atoms with Gasteiger partial charge in [-0.05, 0) is 49.7 Å². The van der Waals surface area contributed by atoms with Crippen LogP contribution in [0.1, 0.15) is 25.5 Å². The molecule has 0 aliphatic carbocycles. The van der Waals surface area contributed by atoms with E-state index < -0.39 is 15.9 Å². The van der Waals surface area contributed by atoms with Gasteiger partial charge in [0.2, 0.25) is 0 Å². The Morgan fingerprint density at radius 1 is 1.19 bits per heavy atom. The molecule has 0 radical (unpaired) electrons. The van der Waals surface area contributed by atoms with E-state index in [1.807, 2.05) is 47.9 Å². The van der Waals surface area contributed by atoms with Crippen LogP contribution < -0.4 is 19.3 Å². The standard InChI is InChI=1S/C22H26ClN3O4S/c1-5-30-22-12-16(6-9-21(22)29-3)20(14-31(4,27)28)26-15(2)25(11-10-24)19-13-17(23)7-8-18(19)26/h6-9,12-13,15,20H,5,11,14H2,1-4H3. The molecule has 9 heteroatoms. The predicted molar refractivity (Wildman–Crippen MR) is 123 cm³/mol. The van der Waals surface area contributed by atoms with Gasteiger partial charge in [-0.2, -0.15) is 5.26 Å². The molecule has 166 valence electrons. The molecule has 0 saturated heterocycles. The zero-order valence-corrected chi connectivity index (χ0v) is 19.6. The van der Waals surface area contributed by atoms with Crippen molar-refractivity contribution in [2.45, 2.75) is 26.1 Å². The number of halogens is 1. The molecule has 7 nitrogen and oxygen atoms in total. The second-order valence-electron chi connectivity index (χ2n) is 7.41. The molecule has 0 spiro atoms. The number of hydrogen-bond acceptors (Lipinski definition) is 7. The number of sulfone groups is 1. The van der Waals surface area contributed by atoms with Gasteiger partial charge in [-0.1, -0.05) is 17.7 Å². The Labute approximate surface area is 188 Å². The van der Waals surface area contributed by atoms with E-state index in [9.17, 15) is 13.7 Å². The first-order valence-corrected chi connectivity index (χ1v) is 12.3. The van der Waals surface area contributed by atoms with Crippen molar-refractivity contribution in [1.29, 1.82) is 5.26 Å². The van der Waals surface area contributed by atoms with Crippen molar-refractivity contribution in [3.05, 3.63) is 47.0 Å². The average Bonchev–Trinajstić information content (AvgIpc) is 2.97. The number of rotatable bonds is 8.